The van der Waals surface area contributed by atoms with E-state index in [1.807, 2.05) is 24.3 Å². The van der Waals surface area contributed by atoms with E-state index in [1.165, 1.54) is 35.0 Å². The summed E-state index contributed by atoms with van der Waals surface area (Å²) in [5.41, 5.74) is 0.889. The average Bonchev–Trinajstić information content (AvgIpc) is 3.07. The van der Waals surface area contributed by atoms with Crippen LogP contribution >= 0.6 is 11.3 Å². The fourth-order valence-electron chi connectivity index (χ4n) is 1.82. The van der Waals surface area contributed by atoms with Crippen molar-refractivity contribution in [3.05, 3.63) is 41.5 Å². The first kappa shape index (κ1) is 13.2. The molecule has 0 bridgehead atoms. The first-order valence-corrected chi connectivity index (χ1v) is 8.13. The minimum Gasteiger partial charge on any atom is -0.266 e. The van der Waals surface area contributed by atoms with Gasteiger partial charge in [-0.05, 0) is 18.2 Å². The third kappa shape index (κ3) is 2.33. The molecule has 0 atom stereocenters. The van der Waals surface area contributed by atoms with Crippen LogP contribution in [0.25, 0.3) is 10.2 Å². The number of rotatable bonds is 4. The molecule has 1 N–H and O–H groups in total. The van der Waals surface area contributed by atoms with Crippen LogP contribution < -0.4 is 0 Å². The van der Waals surface area contributed by atoms with Crippen LogP contribution in [0.2, 0.25) is 0 Å². The second kappa shape index (κ2) is 4.97. The summed E-state index contributed by atoms with van der Waals surface area (Å²) in [6.07, 6.45) is 1.42. The molecule has 1 aromatic carbocycles. The van der Waals surface area contributed by atoms with Gasteiger partial charge in [0.1, 0.15) is 5.01 Å². The number of nitrogens with one attached hydrogen (secondary N) is 1. The molecule has 0 aliphatic rings. The van der Waals surface area contributed by atoms with Crippen LogP contribution in [0, 0.1) is 0 Å². The van der Waals surface area contributed by atoms with E-state index >= 15 is 0 Å². The van der Waals surface area contributed by atoms with Gasteiger partial charge in [-0.2, -0.15) is 9.40 Å². The van der Waals surface area contributed by atoms with E-state index in [9.17, 15) is 8.42 Å². The molecular formula is C12H12N4O2S2. The van der Waals surface area contributed by atoms with Crippen LogP contribution in [0.5, 0.6) is 0 Å². The number of thiazole rings is 1. The molecule has 0 fully saturated rings. The smallest absolute Gasteiger partial charge is 0.260 e. The Bertz CT molecular complexity index is 791. The van der Waals surface area contributed by atoms with Crippen LogP contribution in [0.15, 0.2) is 41.6 Å². The molecule has 2 aromatic heterocycles. The Kier molecular flexibility index (Phi) is 3.28. The summed E-state index contributed by atoms with van der Waals surface area (Å²) in [5.74, 6) is 0. The van der Waals surface area contributed by atoms with E-state index < -0.39 is 10.0 Å². The summed E-state index contributed by atoms with van der Waals surface area (Å²) < 4.78 is 26.8. The van der Waals surface area contributed by atoms with Crippen molar-refractivity contribution in [2.45, 2.75) is 11.6 Å². The van der Waals surface area contributed by atoms with Gasteiger partial charge >= 0.3 is 0 Å². The quantitative estimate of drug-likeness (QED) is 0.797. The molecule has 0 amide bonds. The first-order valence-electron chi connectivity index (χ1n) is 5.87. The second-order valence-corrected chi connectivity index (χ2v) is 7.39. The average molecular weight is 308 g/mol. The SMILES string of the molecule is CN(Cc1nc2ccccc2s1)S(=O)(=O)c1ccn[nH]1. The van der Waals surface area contributed by atoms with E-state index in [-0.39, 0.29) is 11.6 Å². The number of para-hydroxylation sites is 1. The van der Waals surface area contributed by atoms with E-state index in [4.69, 9.17) is 0 Å². The van der Waals surface area contributed by atoms with Crippen molar-refractivity contribution in [3.63, 3.8) is 0 Å². The molecule has 20 heavy (non-hydrogen) atoms. The van der Waals surface area contributed by atoms with Crippen molar-refractivity contribution in [2.24, 2.45) is 0 Å². The number of fused-ring (bicyclic) bond motifs is 1. The maximum Gasteiger partial charge on any atom is 0.260 e. The highest BCUT2D eigenvalue weighted by atomic mass is 32.2. The van der Waals surface area contributed by atoms with Gasteiger partial charge in [-0.1, -0.05) is 12.1 Å². The molecule has 0 aliphatic carbocycles. The highest BCUT2D eigenvalue weighted by Gasteiger charge is 2.23. The molecule has 0 saturated carbocycles. The Morgan fingerprint density at radius 2 is 2.10 bits per heavy atom. The molecule has 0 saturated heterocycles. The van der Waals surface area contributed by atoms with Crippen LogP contribution in [0.4, 0.5) is 0 Å². The summed E-state index contributed by atoms with van der Waals surface area (Å²) in [5, 5.41) is 6.99. The second-order valence-electron chi connectivity index (χ2n) is 4.26. The molecule has 0 aliphatic heterocycles. The minimum absolute atomic E-state index is 0.0844. The van der Waals surface area contributed by atoms with E-state index in [0.29, 0.717) is 0 Å². The van der Waals surface area contributed by atoms with Crippen molar-refractivity contribution in [1.82, 2.24) is 19.5 Å². The zero-order chi connectivity index (χ0) is 14.2. The van der Waals surface area contributed by atoms with Gasteiger partial charge in [0.25, 0.3) is 10.0 Å². The monoisotopic (exact) mass is 308 g/mol. The molecular weight excluding hydrogens is 296 g/mol. The van der Waals surface area contributed by atoms with E-state index in [2.05, 4.69) is 15.2 Å². The van der Waals surface area contributed by atoms with Gasteiger partial charge in [0.05, 0.1) is 23.0 Å². The molecule has 8 heteroatoms. The zero-order valence-corrected chi connectivity index (χ0v) is 12.3. The third-order valence-corrected chi connectivity index (χ3v) is 5.61. The Labute approximate surface area is 120 Å². The van der Waals surface area contributed by atoms with Crippen molar-refractivity contribution in [3.8, 4) is 0 Å². The number of hydrogen-bond donors (Lipinski definition) is 1. The standard InChI is InChI=1S/C12H12N4O2S2/c1-16(20(17,18)12-6-7-13-15-12)8-11-14-9-4-2-3-5-10(9)19-11/h2-7H,8H2,1H3,(H,13,15). The zero-order valence-electron chi connectivity index (χ0n) is 10.6. The van der Waals surface area contributed by atoms with E-state index in [1.54, 1.807) is 0 Å². The largest absolute Gasteiger partial charge is 0.266 e. The van der Waals surface area contributed by atoms with Gasteiger partial charge in [0.15, 0.2) is 5.03 Å². The number of aromatic amines is 1. The molecule has 0 radical (unpaired) electrons. The lowest BCUT2D eigenvalue weighted by Gasteiger charge is -2.13. The number of H-pyrrole nitrogens is 1. The summed E-state index contributed by atoms with van der Waals surface area (Å²) in [7, 11) is -2.02. The number of aromatic nitrogens is 3. The minimum atomic E-state index is -3.55. The normalized spacial score (nSPS) is 12.3. The van der Waals surface area contributed by atoms with Gasteiger partial charge < -0.3 is 0 Å². The fourth-order valence-corrected chi connectivity index (χ4v) is 3.95. The Morgan fingerprint density at radius 3 is 2.80 bits per heavy atom. The molecule has 2 heterocycles. The highest BCUT2D eigenvalue weighted by molar-refractivity contribution is 7.89. The van der Waals surface area contributed by atoms with Gasteiger partial charge in [-0.15, -0.1) is 11.3 Å². The van der Waals surface area contributed by atoms with Crippen LogP contribution in [-0.4, -0.2) is 35.0 Å². The van der Waals surface area contributed by atoms with Gasteiger partial charge in [-0.25, -0.2) is 13.4 Å². The van der Waals surface area contributed by atoms with Crippen LogP contribution in [0.1, 0.15) is 5.01 Å². The summed E-state index contributed by atoms with van der Waals surface area (Å²) in [6, 6.07) is 9.18. The number of sulfonamides is 1. The lowest BCUT2D eigenvalue weighted by molar-refractivity contribution is 0.463. The molecule has 3 rings (SSSR count). The van der Waals surface area contributed by atoms with Crippen molar-refractivity contribution >= 4 is 31.6 Å². The molecule has 0 unspecified atom stereocenters. The lowest BCUT2D eigenvalue weighted by Crippen LogP contribution is -2.26. The van der Waals surface area contributed by atoms with Crippen LogP contribution in [0.3, 0.4) is 0 Å². The van der Waals surface area contributed by atoms with Gasteiger partial charge in [0.2, 0.25) is 0 Å². The predicted octanol–water partition coefficient (Wildman–Crippen LogP) is 1.84. The maximum absolute atomic E-state index is 12.2. The fraction of sp³-hybridized carbons (Fsp3) is 0.167. The number of benzene rings is 1. The third-order valence-electron chi connectivity index (χ3n) is 2.86. The van der Waals surface area contributed by atoms with Crippen molar-refractivity contribution in [1.29, 1.82) is 0 Å². The summed E-state index contributed by atoms with van der Waals surface area (Å²) in [4.78, 5) is 4.43. The molecule has 104 valence electrons. The lowest BCUT2D eigenvalue weighted by atomic mass is 10.3. The number of hydrogen-bond acceptors (Lipinski definition) is 5. The number of nitrogens with zero attached hydrogens (tertiary/aromatic N) is 3. The molecule has 6 nitrogen and oxygen atoms in total. The predicted molar refractivity (Wildman–Crippen MR) is 76.9 cm³/mol. The topological polar surface area (TPSA) is 79.0 Å². The van der Waals surface area contributed by atoms with Gasteiger partial charge in [-0.3, -0.25) is 5.10 Å². The van der Waals surface area contributed by atoms with Crippen molar-refractivity contribution < 1.29 is 8.42 Å². The summed E-state index contributed by atoms with van der Waals surface area (Å²) >= 11 is 1.50. The van der Waals surface area contributed by atoms with Crippen LogP contribution in [-0.2, 0) is 16.6 Å². The van der Waals surface area contributed by atoms with Gasteiger partial charge in [0, 0.05) is 7.05 Å². The Hall–Kier alpha value is -1.77. The Morgan fingerprint density at radius 1 is 1.30 bits per heavy atom. The molecule has 0 spiro atoms. The Balaban J connectivity index is 1.87. The summed E-state index contributed by atoms with van der Waals surface area (Å²) in [6.45, 7) is 0.237. The highest BCUT2D eigenvalue weighted by Crippen LogP contribution is 2.23. The molecule has 3 aromatic rings. The van der Waals surface area contributed by atoms with Crippen molar-refractivity contribution in [2.75, 3.05) is 7.05 Å². The maximum atomic E-state index is 12.2. The first-order chi connectivity index (χ1) is 9.57. The van der Waals surface area contributed by atoms with E-state index in [0.717, 1.165) is 15.2 Å².